The van der Waals surface area contributed by atoms with Crippen LogP contribution in [0.5, 0.6) is 0 Å². The van der Waals surface area contributed by atoms with Gasteiger partial charge in [-0.25, -0.2) is 0 Å². The number of amides is 1. The van der Waals surface area contributed by atoms with E-state index in [-0.39, 0.29) is 11.3 Å². The Morgan fingerprint density at radius 1 is 1.18 bits per heavy atom. The quantitative estimate of drug-likeness (QED) is 0.802. The molecular weight excluding hydrogens is 348 g/mol. The maximum Gasteiger partial charge on any atom is 0.255 e. The lowest BCUT2D eigenvalue weighted by molar-refractivity contribution is -0.0155. The Labute approximate surface area is 168 Å². The highest BCUT2D eigenvalue weighted by atomic mass is 16.2. The van der Waals surface area contributed by atoms with Crippen molar-refractivity contribution in [3.05, 3.63) is 65.5 Å². The minimum absolute atomic E-state index is 0.126. The molecule has 148 valence electrons. The largest absolute Gasteiger partial charge is 0.337 e. The Bertz CT molecular complexity index is 830. The normalized spacial score (nSPS) is 21.3. The lowest BCUT2D eigenvalue weighted by atomic mass is 9.71. The molecule has 5 heteroatoms. The molecule has 2 aliphatic heterocycles. The summed E-state index contributed by atoms with van der Waals surface area (Å²) in [6.07, 6.45) is 3.45. The highest BCUT2D eigenvalue weighted by Gasteiger charge is 2.55. The summed E-state index contributed by atoms with van der Waals surface area (Å²) in [5.41, 5.74) is 3.31. The number of hydrogen-bond donors (Lipinski definition) is 0. The number of rotatable bonds is 5. The fourth-order valence-electron chi connectivity index (χ4n) is 4.87. The number of aromatic nitrogens is 1. The van der Waals surface area contributed by atoms with Crippen LogP contribution in [0.25, 0.3) is 0 Å². The first kappa shape index (κ1) is 19.1. The average Bonchev–Trinajstić information content (AvgIpc) is 2.98. The van der Waals surface area contributed by atoms with Crippen molar-refractivity contribution in [3.8, 4) is 0 Å². The maximum atomic E-state index is 13.0. The molecule has 2 aromatic rings. The lowest BCUT2D eigenvalue weighted by Crippen LogP contribution is -2.63. The topological polar surface area (TPSA) is 39.7 Å². The summed E-state index contributed by atoms with van der Waals surface area (Å²) in [5, 5.41) is 0. The van der Waals surface area contributed by atoms with Gasteiger partial charge in [0, 0.05) is 57.1 Å². The van der Waals surface area contributed by atoms with Crippen molar-refractivity contribution in [2.24, 2.45) is 11.3 Å². The highest BCUT2D eigenvalue weighted by molar-refractivity contribution is 5.95. The molecule has 1 amide bonds. The molecule has 2 aliphatic rings. The molecule has 1 aromatic heterocycles. The summed E-state index contributed by atoms with van der Waals surface area (Å²) >= 11 is 0. The lowest BCUT2D eigenvalue weighted by Gasteiger charge is -2.51. The summed E-state index contributed by atoms with van der Waals surface area (Å²) in [7, 11) is 4.29. The van der Waals surface area contributed by atoms with Gasteiger partial charge in [-0.15, -0.1) is 0 Å². The Balaban J connectivity index is 1.46. The first-order valence-electron chi connectivity index (χ1n) is 10.1. The van der Waals surface area contributed by atoms with Crippen LogP contribution in [0, 0.1) is 18.3 Å². The summed E-state index contributed by atoms with van der Waals surface area (Å²) in [5.74, 6) is 0.714. The third-order valence-corrected chi connectivity index (χ3v) is 6.29. The first-order valence-corrected chi connectivity index (χ1v) is 10.1. The van der Waals surface area contributed by atoms with E-state index in [0.717, 1.165) is 50.4 Å². The van der Waals surface area contributed by atoms with E-state index in [1.165, 1.54) is 5.56 Å². The molecular formula is C23H30N4O. The van der Waals surface area contributed by atoms with Gasteiger partial charge in [-0.1, -0.05) is 30.3 Å². The van der Waals surface area contributed by atoms with Crippen LogP contribution in [-0.4, -0.2) is 72.4 Å². The molecule has 1 spiro atoms. The molecule has 0 saturated carbocycles. The SMILES string of the molecule is Cc1ccncc1C(=O)N1CC2(CN(Cc3ccccc3)CC2CN(C)C)C1. The van der Waals surface area contributed by atoms with Crippen molar-refractivity contribution < 1.29 is 4.79 Å². The predicted molar refractivity (Wildman–Crippen MR) is 111 cm³/mol. The third kappa shape index (κ3) is 3.69. The van der Waals surface area contributed by atoms with Gasteiger partial charge in [0.25, 0.3) is 5.91 Å². The predicted octanol–water partition coefficient (Wildman–Crippen LogP) is 2.53. The minimum atomic E-state index is 0.126. The maximum absolute atomic E-state index is 13.0. The summed E-state index contributed by atoms with van der Waals surface area (Å²) in [6, 6.07) is 12.6. The summed E-state index contributed by atoms with van der Waals surface area (Å²) < 4.78 is 0. The summed E-state index contributed by atoms with van der Waals surface area (Å²) in [6.45, 7) is 7.91. The van der Waals surface area contributed by atoms with E-state index in [0.29, 0.717) is 5.92 Å². The molecule has 0 radical (unpaired) electrons. The molecule has 0 aliphatic carbocycles. The van der Waals surface area contributed by atoms with Gasteiger partial charge in [0.2, 0.25) is 0 Å². The Kier molecular flexibility index (Phi) is 5.21. The molecule has 3 heterocycles. The van der Waals surface area contributed by atoms with Crippen LogP contribution in [-0.2, 0) is 6.54 Å². The smallest absolute Gasteiger partial charge is 0.255 e. The van der Waals surface area contributed by atoms with Crippen LogP contribution in [0.15, 0.2) is 48.8 Å². The number of pyridine rings is 1. The molecule has 1 unspecified atom stereocenters. The number of aryl methyl sites for hydroxylation is 1. The van der Waals surface area contributed by atoms with Gasteiger partial charge in [-0.2, -0.15) is 0 Å². The Morgan fingerprint density at radius 2 is 1.93 bits per heavy atom. The van der Waals surface area contributed by atoms with E-state index < -0.39 is 0 Å². The number of carbonyl (C=O) groups is 1. The second kappa shape index (κ2) is 7.64. The Morgan fingerprint density at radius 3 is 2.61 bits per heavy atom. The van der Waals surface area contributed by atoms with Crippen LogP contribution >= 0.6 is 0 Å². The molecule has 28 heavy (non-hydrogen) atoms. The van der Waals surface area contributed by atoms with Crippen LogP contribution in [0.3, 0.4) is 0 Å². The van der Waals surface area contributed by atoms with E-state index in [4.69, 9.17) is 0 Å². The van der Waals surface area contributed by atoms with Crippen LogP contribution in [0.4, 0.5) is 0 Å². The van der Waals surface area contributed by atoms with Crippen LogP contribution < -0.4 is 0 Å². The van der Waals surface area contributed by atoms with Crippen molar-refractivity contribution in [2.45, 2.75) is 13.5 Å². The van der Waals surface area contributed by atoms with Gasteiger partial charge in [0.15, 0.2) is 0 Å². The zero-order chi connectivity index (χ0) is 19.7. The standard InChI is InChI=1S/C23H30N4O/c1-18-9-10-24-11-21(18)22(28)27-16-23(17-27)15-26(14-20(23)13-25(2)3)12-19-7-5-4-6-8-19/h4-11,20H,12-17H2,1-3H3. The van der Waals surface area contributed by atoms with Crippen molar-refractivity contribution in [1.82, 2.24) is 19.7 Å². The molecule has 2 saturated heterocycles. The molecule has 0 bridgehead atoms. The third-order valence-electron chi connectivity index (χ3n) is 6.29. The average molecular weight is 379 g/mol. The van der Waals surface area contributed by atoms with Crippen molar-refractivity contribution in [2.75, 3.05) is 46.8 Å². The van der Waals surface area contributed by atoms with Gasteiger partial charge in [0.1, 0.15) is 0 Å². The Hall–Kier alpha value is -2.24. The van der Waals surface area contributed by atoms with Gasteiger partial charge in [0.05, 0.1) is 5.56 Å². The minimum Gasteiger partial charge on any atom is -0.337 e. The first-order chi connectivity index (χ1) is 13.5. The monoisotopic (exact) mass is 378 g/mol. The van der Waals surface area contributed by atoms with E-state index in [2.05, 4.69) is 59.2 Å². The molecule has 5 nitrogen and oxygen atoms in total. The summed E-state index contributed by atoms with van der Waals surface area (Å²) in [4.78, 5) is 24.0. The van der Waals surface area contributed by atoms with Crippen molar-refractivity contribution in [3.63, 3.8) is 0 Å². The van der Waals surface area contributed by atoms with Gasteiger partial charge < -0.3 is 9.80 Å². The zero-order valence-corrected chi connectivity index (χ0v) is 17.1. The van der Waals surface area contributed by atoms with E-state index in [9.17, 15) is 4.79 Å². The second-order valence-electron chi connectivity index (χ2n) is 8.83. The molecule has 4 rings (SSSR count). The number of nitrogens with zero attached hydrogens (tertiary/aromatic N) is 4. The molecule has 1 atom stereocenters. The number of likely N-dealkylation sites (tertiary alicyclic amines) is 2. The molecule has 2 fully saturated rings. The van der Waals surface area contributed by atoms with Crippen LogP contribution in [0.1, 0.15) is 21.5 Å². The van der Waals surface area contributed by atoms with Crippen LogP contribution in [0.2, 0.25) is 0 Å². The fourth-order valence-corrected chi connectivity index (χ4v) is 4.87. The van der Waals surface area contributed by atoms with E-state index in [1.807, 2.05) is 17.9 Å². The molecule has 0 N–H and O–H groups in total. The highest BCUT2D eigenvalue weighted by Crippen LogP contribution is 2.45. The van der Waals surface area contributed by atoms with E-state index >= 15 is 0 Å². The number of carbonyl (C=O) groups excluding carboxylic acids is 1. The van der Waals surface area contributed by atoms with Gasteiger partial charge in [-0.3, -0.25) is 14.7 Å². The van der Waals surface area contributed by atoms with Crippen molar-refractivity contribution >= 4 is 5.91 Å². The second-order valence-corrected chi connectivity index (χ2v) is 8.83. The number of hydrogen-bond acceptors (Lipinski definition) is 4. The molecule has 1 aromatic carbocycles. The van der Waals surface area contributed by atoms with Gasteiger partial charge in [-0.05, 0) is 44.1 Å². The fraction of sp³-hybridized carbons (Fsp3) is 0.478. The number of benzene rings is 1. The zero-order valence-electron chi connectivity index (χ0n) is 17.1. The van der Waals surface area contributed by atoms with Crippen molar-refractivity contribution in [1.29, 1.82) is 0 Å². The van der Waals surface area contributed by atoms with E-state index in [1.54, 1.807) is 12.4 Å². The van der Waals surface area contributed by atoms with Gasteiger partial charge >= 0.3 is 0 Å².